The van der Waals surface area contributed by atoms with Gasteiger partial charge in [-0.05, 0) is 56.9 Å². The summed E-state index contributed by atoms with van der Waals surface area (Å²) >= 11 is 1.66. The average Bonchev–Trinajstić information content (AvgIpc) is 2.95. The quantitative estimate of drug-likeness (QED) is 0.888. The number of anilines is 1. The standard InChI is InChI=1S/C17H20N2O2S/c1-11-10-22-16(18-11)12-2-6-14(7-3-12)19-15-8-4-13(5-9-15)17(20)21/h2-3,6-7,10,13,15,19H,4-5,8-9H2,1H3,(H,20,21). The van der Waals surface area contributed by atoms with Crippen molar-refractivity contribution in [2.24, 2.45) is 5.92 Å². The molecular formula is C17H20N2O2S. The number of aromatic nitrogens is 1. The molecule has 0 bridgehead atoms. The third kappa shape index (κ3) is 3.47. The summed E-state index contributed by atoms with van der Waals surface area (Å²) in [6, 6.07) is 8.71. The number of thiazole rings is 1. The second kappa shape index (κ2) is 6.48. The summed E-state index contributed by atoms with van der Waals surface area (Å²) in [4.78, 5) is 15.5. The minimum Gasteiger partial charge on any atom is -0.481 e. The molecule has 0 spiro atoms. The summed E-state index contributed by atoms with van der Waals surface area (Å²) in [5, 5.41) is 15.6. The van der Waals surface area contributed by atoms with Crippen molar-refractivity contribution in [3.8, 4) is 10.6 Å². The molecule has 1 aliphatic rings. The van der Waals surface area contributed by atoms with Gasteiger partial charge in [0.25, 0.3) is 0 Å². The Bertz CT molecular complexity index is 643. The van der Waals surface area contributed by atoms with Crippen molar-refractivity contribution in [1.82, 2.24) is 4.98 Å². The molecular weight excluding hydrogens is 296 g/mol. The van der Waals surface area contributed by atoms with E-state index in [1.807, 2.05) is 6.92 Å². The van der Waals surface area contributed by atoms with Gasteiger partial charge >= 0.3 is 5.97 Å². The van der Waals surface area contributed by atoms with E-state index in [1.54, 1.807) is 11.3 Å². The van der Waals surface area contributed by atoms with E-state index in [2.05, 4.69) is 39.9 Å². The largest absolute Gasteiger partial charge is 0.481 e. The number of carboxylic acids is 1. The van der Waals surface area contributed by atoms with Crippen molar-refractivity contribution in [2.75, 3.05) is 5.32 Å². The van der Waals surface area contributed by atoms with E-state index in [0.717, 1.165) is 47.6 Å². The predicted octanol–water partition coefficient (Wildman–Crippen LogP) is 4.17. The lowest BCUT2D eigenvalue weighted by Crippen LogP contribution is -2.29. The van der Waals surface area contributed by atoms with Gasteiger partial charge in [-0.3, -0.25) is 4.79 Å². The molecule has 1 fully saturated rings. The van der Waals surface area contributed by atoms with E-state index >= 15 is 0 Å². The van der Waals surface area contributed by atoms with Crippen LogP contribution in [0.4, 0.5) is 5.69 Å². The van der Waals surface area contributed by atoms with Crippen LogP contribution in [0.2, 0.25) is 0 Å². The Hall–Kier alpha value is -1.88. The summed E-state index contributed by atoms with van der Waals surface area (Å²) in [5.41, 5.74) is 3.28. The first-order chi connectivity index (χ1) is 10.6. The van der Waals surface area contributed by atoms with Crippen molar-refractivity contribution in [3.63, 3.8) is 0 Å². The number of aryl methyl sites for hydroxylation is 1. The van der Waals surface area contributed by atoms with Crippen molar-refractivity contribution in [3.05, 3.63) is 35.3 Å². The summed E-state index contributed by atoms with van der Waals surface area (Å²) in [6.45, 7) is 2.00. The zero-order valence-electron chi connectivity index (χ0n) is 12.6. The second-order valence-corrected chi connectivity index (χ2v) is 6.76. The highest BCUT2D eigenvalue weighted by Gasteiger charge is 2.25. The summed E-state index contributed by atoms with van der Waals surface area (Å²) in [5.74, 6) is -0.810. The molecule has 0 unspecified atom stereocenters. The van der Waals surface area contributed by atoms with Crippen LogP contribution in [0.25, 0.3) is 10.6 Å². The number of aliphatic carboxylic acids is 1. The molecule has 0 radical (unpaired) electrons. The molecule has 0 aliphatic heterocycles. The minimum absolute atomic E-state index is 0.159. The van der Waals surface area contributed by atoms with E-state index in [-0.39, 0.29) is 5.92 Å². The van der Waals surface area contributed by atoms with E-state index in [4.69, 9.17) is 5.11 Å². The lowest BCUT2D eigenvalue weighted by molar-refractivity contribution is -0.142. The van der Waals surface area contributed by atoms with E-state index < -0.39 is 5.97 Å². The molecule has 0 amide bonds. The van der Waals surface area contributed by atoms with Gasteiger partial charge in [-0.2, -0.15) is 0 Å². The van der Waals surface area contributed by atoms with Gasteiger partial charge in [-0.1, -0.05) is 0 Å². The van der Waals surface area contributed by atoms with Crippen LogP contribution >= 0.6 is 11.3 Å². The summed E-state index contributed by atoms with van der Waals surface area (Å²) in [7, 11) is 0. The van der Waals surface area contributed by atoms with Crippen molar-refractivity contribution in [1.29, 1.82) is 0 Å². The molecule has 5 heteroatoms. The minimum atomic E-state index is -0.651. The monoisotopic (exact) mass is 316 g/mol. The van der Waals surface area contributed by atoms with Crippen LogP contribution in [0.5, 0.6) is 0 Å². The third-order valence-corrected chi connectivity index (χ3v) is 5.21. The Balaban J connectivity index is 1.59. The first-order valence-electron chi connectivity index (χ1n) is 7.64. The normalized spacial score (nSPS) is 21.5. The van der Waals surface area contributed by atoms with Crippen LogP contribution in [0, 0.1) is 12.8 Å². The maximum Gasteiger partial charge on any atom is 0.306 e. The second-order valence-electron chi connectivity index (χ2n) is 5.90. The zero-order chi connectivity index (χ0) is 15.5. The molecule has 2 aromatic rings. The average molecular weight is 316 g/mol. The Morgan fingerprint density at radius 2 is 1.91 bits per heavy atom. The van der Waals surface area contributed by atoms with Crippen LogP contribution < -0.4 is 5.32 Å². The number of rotatable bonds is 4. The smallest absolute Gasteiger partial charge is 0.306 e. The molecule has 1 heterocycles. The number of carbonyl (C=O) groups is 1. The molecule has 1 saturated carbocycles. The number of benzene rings is 1. The van der Waals surface area contributed by atoms with Gasteiger partial charge in [-0.15, -0.1) is 11.3 Å². The number of hydrogen-bond donors (Lipinski definition) is 2. The van der Waals surface area contributed by atoms with Gasteiger partial charge in [0.1, 0.15) is 5.01 Å². The fourth-order valence-corrected chi connectivity index (χ4v) is 3.72. The lowest BCUT2D eigenvalue weighted by Gasteiger charge is -2.27. The first-order valence-corrected chi connectivity index (χ1v) is 8.51. The molecule has 1 aliphatic carbocycles. The summed E-state index contributed by atoms with van der Waals surface area (Å²) in [6.07, 6.45) is 3.38. The fourth-order valence-electron chi connectivity index (χ4n) is 2.92. The van der Waals surface area contributed by atoms with Gasteiger partial charge in [0, 0.05) is 28.4 Å². The third-order valence-electron chi connectivity index (χ3n) is 4.20. The van der Waals surface area contributed by atoms with E-state index in [0.29, 0.717) is 6.04 Å². The van der Waals surface area contributed by atoms with E-state index in [1.165, 1.54) is 0 Å². The zero-order valence-corrected chi connectivity index (χ0v) is 13.4. The van der Waals surface area contributed by atoms with Crippen molar-refractivity contribution in [2.45, 2.75) is 38.6 Å². The number of carboxylic acid groups (broad SMARTS) is 1. The van der Waals surface area contributed by atoms with E-state index in [9.17, 15) is 4.79 Å². The molecule has 116 valence electrons. The summed E-state index contributed by atoms with van der Waals surface area (Å²) < 4.78 is 0. The first kappa shape index (κ1) is 15.0. The van der Waals surface area contributed by atoms with Gasteiger partial charge in [0.2, 0.25) is 0 Å². The van der Waals surface area contributed by atoms with Gasteiger partial charge in [0.15, 0.2) is 0 Å². The Kier molecular flexibility index (Phi) is 4.43. The highest BCUT2D eigenvalue weighted by Crippen LogP contribution is 2.28. The van der Waals surface area contributed by atoms with Crippen LogP contribution in [-0.4, -0.2) is 22.1 Å². The fraction of sp³-hybridized carbons (Fsp3) is 0.412. The molecule has 3 rings (SSSR count). The Morgan fingerprint density at radius 3 is 2.45 bits per heavy atom. The Morgan fingerprint density at radius 1 is 1.23 bits per heavy atom. The highest BCUT2D eigenvalue weighted by molar-refractivity contribution is 7.13. The lowest BCUT2D eigenvalue weighted by atomic mass is 9.86. The predicted molar refractivity (Wildman–Crippen MR) is 89.3 cm³/mol. The number of nitrogens with one attached hydrogen (secondary N) is 1. The highest BCUT2D eigenvalue weighted by atomic mass is 32.1. The molecule has 0 atom stereocenters. The van der Waals surface area contributed by atoms with Gasteiger partial charge in [-0.25, -0.2) is 4.98 Å². The van der Waals surface area contributed by atoms with Gasteiger partial charge in [0.05, 0.1) is 5.92 Å². The SMILES string of the molecule is Cc1csc(-c2ccc(NC3CCC(C(=O)O)CC3)cc2)n1. The van der Waals surface area contributed by atoms with Crippen molar-refractivity contribution >= 4 is 23.0 Å². The van der Waals surface area contributed by atoms with Crippen molar-refractivity contribution < 1.29 is 9.90 Å². The molecule has 4 nitrogen and oxygen atoms in total. The molecule has 1 aromatic carbocycles. The maximum absolute atomic E-state index is 11.0. The van der Waals surface area contributed by atoms with Crippen LogP contribution in [-0.2, 0) is 4.79 Å². The Labute approximate surface area is 134 Å². The van der Waals surface area contributed by atoms with Gasteiger partial charge < -0.3 is 10.4 Å². The van der Waals surface area contributed by atoms with Crippen LogP contribution in [0.15, 0.2) is 29.6 Å². The number of hydrogen-bond acceptors (Lipinski definition) is 4. The molecule has 1 aromatic heterocycles. The topological polar surface area (TPSA) is 62.2 Å². The molecule has 22 heavy (non-hydrogen) atoms. The van der Waals surface area contributed by atoms with Crippen LogP contribution in [0.1, 0.15) is 31.4 Å². The molecule has 2 N–H and O–H groups in total. The maximum atomic E-state index is 11.0. The number of nitrogens with zero attached hydrogens (tertiary/aromatic N) is 1. The van der Waals surface area contributed by atoms with Crippen LogP contribution in [0.3, 0.4) is 0 Å². The molecule has 0 saturated heterocycles.